The Hall–Kier alpha value is -2.25. The van der Waals surface area contributed by atoms with Crippen LogP contribution in [0, 0.1) is 5.92 Å². The topological polar surface area (TPSA) is 87.7 Å². The summed E-state index contributed by atoms with van der Waals surface area (Å²) < 4.78 is 4.61. The fraction of sp³-hybridized carbons (Fsp3) is 0.450. The Morgan fingerprint density at radius 1 is 1.21 bits per heavy atom. The van der Waals surface area contributed by atoms with Crippen LogP contribution in [0.2, 0.25) is 10.0 Å². The van der Waals surface area contributed by atoms with Gasteiger partial charge in [-0.15, -0.1) is 0 Å². The average Bonchev–Trinajstić information content (AvgIpc) is 2.73. The van der Waals surface area contributed by atoms with Crippen LogP contribution < -0.4 is 10.6 Å². The molecule has 1 aliphatic rings. The molecule has 0 aromatic heterocycles. The van der Waals surface area contributed by atoms with Gasteiger partial charge in [-0.2, -0.15) is 0 Å². The van der Waals surface area contributed by atoms with Gasteiger partial charge in [0.05, 0.1) is 22.8 Å². The molecule has 1 saturated heterocycles. The molecular weight excluding hydrogens is 417 g/mol. The summed E-state index contributed by atoms with van der Waals surface area (Å²) in [5.74, 6) is -1.08. The highest BCUT2D eigenvalue weighted by molar-refractivity contribution is 6.44. The van der Waals surface area contributed by atoms with Gasteiger partial charge in [0.1, 0.15) is 6.04 Å². The number of anilines is 1. The maximum atomic E-state index is 12.5. The molecule has 0 aliphatic carbocycles. The van der Waals surface area contributed by atoms with E-state index in [0.717, 1.165) is 0 Å². The first-order chi connectivity index (χ1) is 13.8. The van der Waals surface area contributed by atoms with Crippen LogP contribution in [0.25, 0.3) is 6.08 Å². The van der Waals surface area contributed by atoms with E-state index in [-0.39, 0.29) is 17.7 Å². The number of carbonyl (C=O) groups excluding carboxylic acids is 3. The number of likely N-dealkylation sites (tertiary alicyclic amines) is 1. The molecule has 0 saturated carbocycles. The van der Waals surface area contributed by atoms with Crippen LogP contribution in [-0.2, 0) is 19.1 Å². The molecule has 158 valence electrons. The Morgan fingerprint density at radius 3 is 2.45 bits per heavy atom. The van der Waals surface area contributed by atoms with Gasteiger partial charge >= 0.3 is 5.97 Å². The van der Waals surface area contributed by atoms with Gasteiger partial charge in [-0.25, -0.2) is 4.79 Å². The molecule has 1 aromatic carbocycles. The maximum absolute atomic E-state index is 12.5. The van der Waals surface area contributed by atoms with E-state index in [1.807, 2.05) is 0 Å². The number of benzene rings is 1. The van der Waals surface area contributed by atoms with Crippen LogP contribution in [-0.4, -0.2) is 56.0 Å². The fourth-order valence-electron chi connectivity index (χ4n) is 3.08. The summed E-state index contributed by atoms with van der Waals surface area (Å²) in [6.45, 7) is 2.50. The number of halogens is 2. The molecule has 7 nitrogen and oxygen atoms in total. The maximum Gasteiger partial charge on any atom is 0.328 e. The lowest BCUT2D eigenvalue weighted by Crippen LogP contribution is -2.46. The number of hydrogen-bond acceptors (Lipinski definition) is 5. The van der Waals surface area contributed by atoms with E-state index in [2.05, 4.69) is 15.4 Å². The van der Waals surface area contributed by atoms with Crippen LogP contribution in [0.4, 0.5) is 5.69 Å². The molecular formula is C20H25Cl2N3O4. The van der Waals surface area contributed by atoms with Crippen LogP contribution in [0.5, 0.6) is 0 Å². The van der Waals surface area contributed by atoms with E-state index < -0.39 is 12.0 Å². The molecule has 1 fully saturated rings. The van der Waals surface area contributed by atoms with Crippen molar-refractivity contribution in [1.82, 2.24) is 10.2 Å². The number of rotatable bonds is 6. The van der Waals surface area contributed by atoms with E-state index in [0.29, 0.717) is 47.2 Å². The van der Waals surface area contributed by atoms with Crippen LogP contribution in [0.1, 0.15) is 25.3 Å². The molecule has 0 bridgehead atoms. The minimum Gasteiger partial charge on any atom is -0.467 e. The van der Waals surface area contributed by atoms with Gasteiger partial charge in [-0.3, -0.25) is 9.59 Å². The lowest BCUT2D eigenvalue weighted by atomic mass is 9.95. The second-order valence-electron chi connectivity index (χ2n) is 6.77. The molecule has 1 heterocycles. The molecule has 2 N–H and O–H groups in total. The summed E-state index contributed by atoms with van der Waals surface area (Å²) in [6.07, 6.45) is 4.15. The van der Waals surface area contributed by atoms with Gasteiger partial charge in [0.2, 0.25) is 11.8 Å². The van der Waals surface area contributed by atoms with Crippen molar-refractivity contribution < 1.29 is 19.1 Å². The smallest absolute Gasteiger partial charge is 0.328 e. The average molecular weight is 442 g/mol. The van der Waals surface area contributed by atoms with Gasteiger partial charge in [0.25, 0.3) is 0 Å². The fourth-order valence-corrected chi connectivity index (χ4v) is 3.58. The molecule has 2 rings (SSSR count). The van der Waals surface area contributed by atoms with Gasteiger partial charge in [-0.05, 0) is 37.5 Å². The van der Waals surface area contributed by atoms with Crippen molar-refractivity contribution in [2.24, 2.45) is 5.92 Å². The van der Waals surface area contributed by atoms with Gasteiger partial charge in [0.15, 0.2) is 0 Å². The summed E-state index contributed by atoms with van der Waals surface area (Å²) in [7, 11) is 3.02. The summed E-state index contributed by atoms with van der Waals surface area (Å²) in [4.78, 5) is 37.8. The Bertz CT molecular complexity index is 805. The van der Waals surface area contributed by atoms with Gasteiger partial charge in [-0.1, -0.05) is 29.3 Å². The van der Waals surface area contributed by atoms with Crippen molar-refractivity contribution in [2.45, 2.75) is 25.8 Å². The summed E-state index contributed by atoms with van der Waals surface area (Å²) in [6, 6.07) is 2.88. The van der Waals surface area contributed by atoms with E-state index in [4.69, 9.17) is 23.2 Å². The van der Waals surface area contributed by atoms with Crippen molar-refractivity contribution in [3.63, 3.8) is 0 Å². The summed E-state index contributed by atoms with van der Waals surface area (Å²) in [5.41, 5.74) is 1.36. The summed E-state index contributed by atoms with van der Waals surface area (Å²) in [5, 5.41) is 6.36. The molecule has 9 heteroatoms. The number of ether oxygens (including phenoxy) is 1. The Kier molecular flexibility index (Phi) is 8.34. The van der Waals surface area contributed by atoms with E-state index in [1.165, 1.54) is 13.2 Å². The minimum absolute atomic E-state index is 0.156. The van der Waals surface area contributed by atoms with Crippen molar-refractivity contribution in [2.75, 3.05) is 32.6 Å². The standard InChI is InChI=1S/C20H25Cl2N3O4/c1-12(20(28)29-3)24-19(27)14-8-10-25(11-9-14)16(26)7-5-13-4-6-15(23-2)18(22)17(13)21/h4-7,12,14,23H,8-11H2,1-3H3,(H,24,27)/b7-5+. The number of nitrogens with zero attached hydrogens (tertiary/aromatic N) is 1. The highest BCUT2D eigenvalue weighted by Crippen LogP contribution is 2.33. The van der Waals surface area contributed by atoms with E-state index in [1.54, 1.807) is 37.1 Å². The third kappa shape index (κ3) is 5.87. The zero-order valence-corrected chi connectivity index (χ0v) is 18.1. The molecule has 0 radical (unpaired) electrons. The molecule has 1 atom stereocenters. The molecule has 0 spiro atoms. The number of hydrogen-bond donors (Lipinski definition) is 2. The first-order valence-electron chi connectivity index (χ1n) is 9.29. The van der Waals surface area contributed by atoms with Crippen molar-refractivity contribution in [3.8, 4) is 0 Å². The third-order valence-electron chi connectivity index (χ3n) is 4.88. The van der Waals surface area contributed by atoms with Crippen LogP contribution in [0.15, 0.2) is 18.2 Å². The second-order valence-corrected chi connectivity index (χ2v) is 7.52. The van der Waals surface area contributed by atoms with E-state index in [9.17, 15) is 14.4 Å². The first-order valence-corrected chi connectivity index (χ1v) is 10.0. The summed E-state index contributed by atoms with van der Waals surface area (Å²) >= 11 is 12.4. The highest BCUT2D eigenvalue weighted by Gasteiger charge is 2.28. The zero-order chi connectivity index (χ0) is 21.6. The predicted molar refractivity (Wildman–Crippen MR) is 114 cm³/mol. The SMILES string of the molecule is CNc1ccc(/C=C/C(=O)N2CCC(C(=O)NC(C)C(=O)OC)CC2)c(Cl)c1Cl. The molecule has 29 heavy (non-hydrogen) atoms. The Morgan fingerprint density at radius 2 is 1.86 bits per heavy atom. The third-order valence-corrected chi connectivity index (χ3v) is 5.77. The quantitative estimate of drug-likeness (QED) is 0.523. The first kappa shape index (κ1) is 23.0. The van der Waals surface area contributed by atoms with Crippen molar-refractivity contribution >= 4 is 52.7 Å². The number of esters is 1. The number of carbonyl (C=O) groups is 3. The second kappa shape index (κ2) is 10.5. The normalized spacial score (nSPS) is 15.8. The van der Waals surface area contributed by atoms with Gasteiger partial charge < -0.3 is 20.3 Å². The number of piperidine rings is 1. The molecule has 1 unspecified atom stereocenters. The van der Waals surface area contributed by atoms with E-state index >= 15 is 0 Å². The van der Waals surface area contributed by atoms with Crippen LogP contribution >= 0.6 is 23.2 Å². The number of methoxy groups -OCH3 is 1. The lowest BCUT2D eigenvalue weighted by Gasteiger charge is -2.31. The van der Waals surface area contributed by atoms with Crippen LogP contribution in [0.3, 0.4) is 0 Å². The number of amides is 2. The zero-order valence-electron chi connectivity index (χ0n) is 16.6. The Balaban J connectivity index is 1.90. The predicted octanol–water partition coefficient (Wildman–Crippen LogP) is 2.96. The Labute approximate surface area is 180 Å². The molecule has 1 aromatic rings. The lowest BCUT2D eigenvalue weighted by molar-refractivity contribution is -0.145. The number of nitrogens with one attached hydrogen (secondary N) is 2. The van der Waals surface area contributed by atoms with Gasteiger partial charge in [0, 0.05) is 32.1 Å². The minimum atomic E-state index is -0.694. The largest absolute Gasteiger partial charge is 0.467 e. The monoisotopic (exact) mass is 441 g/mol. The molecule has 1 aliphatic heterocycles. The van der Waals surface area contributed by atoms with Crippen molar-refractivity contribution in [1.29, 1.82) is 0 Å². The highest BCUT2D eigenvalue weighted by atomic mass is 35.5. The van der Waals surface area contributed by atoms with Crippen molar-refractivity contribution in [3.05, 3.63) is 33.8 Å². The molecule has 2 amide bonds.